The number of hydrogen-bond donors (Lipinski definition) is 0. The first-order valence-corrected chi connectivity index (χ1v) is 6.78. The van der Waals surface area contributed by atoms with E-state index in [0.29, 0.717) is 12.0 Å². The van der Waals surface area contributed by atoms with E-state index in [9.17, 15) is 0 Å². The molecule has 2 unspecified atom stereocenters. The molecule has 1 nitrogen and oxygen atoms in total. The summed E-state index contributed by atoms with van der Waals surface area (Å²) >= 11 is 0. The Hall–Kier alpha value is -1.63. The molecule has 0 spiro atoms. The fraction of sp³-hybridized carbons (Fsp3) is 0.353. The molecule has 0 saturated carbocycles. The SMILES string of the molecule is Cc1ccc[n+]2c1-c1ccccc1C(C)CC2C. The maximum atomic E-state index is 2.44. The zero-order chi connectivity index (χ0) is 12.7. The van der Waals surface area contributed by atoms with Gasteiger partial charge in [0.1, 0.15) is 0 Å². The van der Waals surface area contributed by atoms with E-state index in [0.717, 1.165) is 0 Å². The molecule has 0 amide bonds. The Morgan fingerprint density at radius 3 is 2.67 bits per heavy atom. The van der Waals surface area contributed by atoms with Gasteiger partial charge in [-0.1, -0.05) is 25.1 Å². The first-order chi connectivity index (χ1) is 8.68. The highest BCUT2D eigenvalue weighted by atomic mass is 15.0. The molecule has 0 N–H and O–H groups in total. The summed E-state index contributed by atoms with van der Waals surface area (Å²) in [6, 6.07) is 13.8. The van der Waals surface area contributed by atoms with Crippen LogP contribution in [0.15, 0.2) is 42.6 Å². The first-order valence-electron chi connectivity index (χ1n) is 6.78. The average Bonchev–Trinajstić information content (AvgIpc) is 2.48. The Morgan fingerprint density at radius 1 is 1.06 bits per heavy atom. The van der Waals surface area contributed by atoms with Gasteiger partial charge < -0.3 is 0 Å². The number of rotatable bonds is 0. The summed E-state index contributed by atoms with van der Waals surface area (Å²) < 4.78 is 2.44. The highest BCUT2D eigenvalue weighted by molar-refractivity contribution is 5.65. The van der Waals surface area contributed by atoms with Crippen LogP contribution >= 0.6 is 0 Å². The third-order valence-electron chi connectivity index (χ3n) is 4.14. The van der Waals surface area contributed by atoms with Crippen molar-refractivity contribution in [1.29, 1.82) is 0 Å². The highest BCUT2D eigenvalue weighted by Gasteiger charge is 2.30. The normalized spacial score (nSPS) is 21.9. The van der Waals surface area contributed by atoms with E-state index in [1.54, 1.807) is 0 Å². The van der Waals surface area contributed by atoms with Crippen molar-refractivity contribution in [1.82, 2.24) is 0 Å². The number of benzene rings is 1. The monoisotopic (exact) mass is 238 g/mol. The van der Waals surface area contributed by atoms with Crippen LogP contribution in [0.5, 0.6) is 0 Å². The minimum absolute atomic E-state index is 0.558. The summed E-state index contributed by atoms with van der Waals surface area (Å²) in [5.41, 5.74) is 5.66. The molecule has 1 aliphatic rings. The standard InChI is InChI=1S/C17H20N/c1-12-7-6-10-18-14(3)11-13(2)15-8-4-5-9-16(15)17(12)18/h4-10,13-14H,11H2,1-3H3/q+1. The number of aryl methyl sites for hydroxylation is 1. The molecule has 1 aromatic heterocycles. The van der Waals surface area contributed by atoms with Crippen LogP contribution in [0.1, 0.15) is 43.4 Å². The van der Waals surface area contributed by atoms with Crippen LogP contribution in [-0.2, 0) is 0 Å². The fourth-order valence-corrected chi connectivity index (χ4v) is 3.25. The summed E-state index contributed by atoms with van der Waals surface area (Å²) in [6.45, 7) is 6.88. The van der Waals surface area contributed by atoms with Gasteiger partial charge in [-0.15, -0.1) is 0 Å². The molecule has 1 heteroatoms. The molecule has 2 atom stereocenters. The molecule has 1 aliphatic heterocycles. The minimum atomic E-state index is 0.558. The van der Waals surface area contributed by atoms with Crippen LogP contribution in [0.4, 0.5) is 0 Å². The van der Waals surface area contributed by atoms with Crippen molar-refractivity contribution in [3.8, 4) is 11.3 Å². The molecule has 92 valence electrons. The third kappa shape index (κ3) is 1.66. The van der Waals surface area contributed by atoms with E-state index < -0.39 is 0 Å². The predicted molar refractivity (Wildman–Crippen MR) is 74.6 cm³/mol. The molecular formula is C17H20N+. The van der Waals surface area contributed by atoms with Gasteiger partial charge in [-0.2, -0.15) is 4.57 Å². The quantitative estimate of drug-likeness (QED) is 0.610. The van der Waals surface area contributed by atoms with Crippen molar-refractivity contribution in [3.63, 3.8) is 0 Å². The maximum Gasteiger partial charge on any atom is 0.215 e. The van der Waals surface area contributed by atoms with Crippen molar-refractivity contribution in [2.24, 2.45) is 0 Å². The number of hydrogen-bond acceptors (Lipinski definition) is 0. The zero-order valence-corrected chi connectivity index (χ0v) is 11.4. The van der Waals surface area contributed by atoms with Crippen LogP contribution in [-0.4, -0.2) is 0 Å². The molecule has 0 saturated heterocycles. The van der Waals surface area contributed by atoms with E-state index in [-0.39, 0.29) is 0 Å². The second-order valence-electron chi connectivity index (χ2n) is 5.52. The lowest BCUT2D eigenvalue weighted by Gasteiger charge is -2.10. The van der Waals surface area contributed by atoms with Crippen LogP contribution in [0, 0.1) is 6.92 Å². The van der Waals surface area contributed by atoms with Gasteiger partial charge in [0, 0.05) is 23.6 Å². The molecule has 1 aromatic carbocycles. The van der Waals surface area contributed by atoms with E-state index in [4.69, 9.17) is 0 Å². The lowest BCUT2D eigenvalue weighted by Crippen LogP contribution is -2.39. The van der Waals surface area contributed by atoms with Crippen molar-refractivity contribution in [2.45, 2.75) is 39.2 Å². The minimum Gasteiger partial charge on any atom is -0.196 e. The fourth-order valence-electron chi connectivity index (χ4n) is 3.25. The van der Waals surface area contributed by atoms with E-state index in [2.05, 4.69) is 67.9 Å². The Bertz CT molecular complexity index is 586. The molecular weight excluding hydrogens is 218 g/mol. The smallest absolute Gasteiger partial charge is 0.196 e. The molecule has 2 aromatic rings. The summed E-state index contributed by atoms with van der Waals surface area (Å²) in [5, 5.41) is 0. The Labute approximate surface area is 109 Å². The number of aromatic nitrogens is 1. The summed E-state index contributed by atoms with van der Waals surface area (Å²) in [5.74, 6) is 0.621. The van der Waals surface area contributed by atoms with Gasteiger partial charge in [0.2, 0.25) is 5.69 Å². The second kappa shape index (κ2) is 4.24. The molecule has 3 rings (SSSR count). The number of nitrogens with zero attached hydrogens (tertiary/aromatic N) is 1. The van der Waals surface area contributed by atoms with Gasteiger partial charge in [0.05, 0.1) is 0 Å². The van der Waals surface area contributed by atoms with Gasteiger partial charge in [-0.3, -0.25) is 0 Å². The Morgan fingerprint density at radius 2 is 1.83 bits per heavy atom. The molecule has 0 aliphatic carbocycles. The van der Waals surface area contributed by atoms with E-state index in [1.165, 1.54) is 28.8 Å². The largest absolute Gasteiger partial charge is 0.215 e. The molecule has 0 fully saturated rings. The van der Waals surface area contributed by atoms with Gasteiger partial charge in [0.25, 0.3) is 0 Å². The van der Waals surface area contributed by atoms with Crippen LogP contribution in [0.25, 0.3) is 11.3 Å². The number of pyridine rings is 1. The summed E-state index contributed by atoms with van der Waals surface area (Å²) in [6.07, 6.45) is 3.43. The molecule has 2 heterocycles. The average molecular weight is 238 g/mol. The lowest BCUT2D eigenvalue weighted by atomic mass is 9.91. The van der Waals surface area contributed by atoms with Gasteiger partial charge in [-0.25, -0.2) is 0 Å². The highest BCUT2D eigenvalue weighted by Crippen LogP contribution is 2.36. The summed E-state index contributed by atoms with van der Waals surface area (Å²) in [4.78, 5) is 0. The van der Waals surface area contributed by atoms with Gasteiger partial charge in [-0.05, 0) is 37.5 Å². The molecule has 0 radical (unpaired) electrons. The molecule has 18 heavy (non-hydrogen) atoms. The van der Waals surface area contributed by atoms with Crippen molar-refractivity contribution in [3.05, 3.63) is 53.7 Å². The topological polar surface area (TPSA) is 3.88 Å². The van der Waals surface area contributed by atoms with E-state index in [1.807, 2.05) is 0 Å². The third-order valence-corrected chi connectivity index (χ3v) is 4.14. The zero-order valence-electron chi connectivity index (χ0n) is 11.4. The number of fused-ring (bicyclic) bond motifs is 3. The van der Waals surface area contributed by atoms with Crippen LogP contribution < -0.4 is 4.57 Å². The van der Waals surface area contributed by atoms with Gasteiger partial charge in [0.15, 0.2) is 12.2 Å². The van der Waals surface area contributed by atoms with Crippen LogP contribution in [0.2, 0.25) is 0 Å². The Balaban J connectivity index is 2.35. The maximum absolute atomic E-state index is 2.44. The van der Waals surface area contributed by atoms with Crippen LogP contribution in [0.3, 0.4) is 0 Å². The predicted octanol–water partition coefficient (Wildman–Crippen LogP) is 4.02. The Kier molecular flexibility index (Phi) is 2.70. The van der Waals surface area contributed by atoms with Crippen molar-refractivity contribution >= 4 is 0 Å². The van der Waals surface area contributed by atoms with E-state index >= 15 is 0 Å². The van der Waals surface area contributed by atoms with Crippen molar-refractivity contribution in [2.75, 3.05) is 0 Å². The lowest BCUT2D eigenvalue weighted by molar-refractivity contribution is -0.709. The second-order valence-corrected chi connectivity index (χ2v) is 5.52. The molecule has 0 bridgehead atoms. The van der Waals surface area contributed by atoms with Crippen molar-refractivity contribution < 1.29 is 4.57 Å². The summed E-state index contributed by atoms with van der Waals surface area (Å²) in [7, 11) is 0. The first kappa shape index (κ1) is 11.5. The van der Waals surface area contributed by atoms with Gasteiger partial charge >= 0.3 is 0 Å².